The molecule has 0 aliphatic carbocycles. The number of non-ortho nitro benzene ring substituents is 1. The normalized spacial score (nSPS) is 17.5. The van der Waals surface area contributed by atoms with E-state index in [-0.39, 0.29) is 24.4 Å². The highest BCUT2D eigenvalue weighted by Crippen LogP contribution is 2.45. The maximum atomic E-state index is 14.4. The topological polar surface area (TPSA) is 108 Å². The number of nitro groups is 1. The van der Waals surface area contributed by atoms with Gasteiger partial charge in [-0.25, -0.2) is 8.78 Å². The lowest BCUT2D eigenvalue weighted by Gasteiger charge is -2.38. The lowest BCUT2D eigenvalue weighted by Crippen LogP contribution is -2.51. The fourth-order valence-electron chi connectivity index (χ4n) is 2.80. The summed E-state index contributed by atoms with van der Waals surface area (Å²) in [6.07, 6.45) is 0. The lowest BCUT2D eigenvalue weighted by atomic mass is 9.96. The smallest absolute Gasteiger partial charge is 0.290 e. The Morgan fingerprint density at radius 3 is 2.58 bits per heavy atom. The van der Waals surface area contributed by atoms with E-state index in [1.54, 1.807) is 0 Å². The third kappa shape index (κ3) is 3.55. The number of aliphatic hydroxyl groups excluding tert-OH is 1. The van der Waals surface area contributed by atoms with Crippen molar-refractivity contribution in [2.45, 2.75) is 12.0 Å². The maximum Gasteiger partial charge on any atom is 0.290 e. The molecule has 1 aliphatic heterocycles. The van der Waals surface area contributed by atoms with Gasteiger partial charge >= 0.3 is 0 Å². The number of benzene rings is 1. The van der Waals surface area contributed by atoms with Crippen LogP contribution >= 0.6 is 0 Å². The summed E-state index contributed by atoms with van der Waals surface area (Å²) in [5.41, 5.74) is -0.824. The minimum atomic E-state index is -3.60. The summed E-state index contributed by atoms with van der Waals surface area (Å²) in [6, 6.07) is 0.150. The van der Waals surface area contributed by atoms with Gasteiger partial charge in [-0.3, -0.25) is 15.0 Å². The van der Waals surface area contributed by atoms with E-state index >= 15 is 0 Å². The van der Waals surface area contributed by atoms with Crippen LogP contribution in [0.3, 0.4) is 0 Å². The van der Waals surface area contributed by atoms with Gasteiger partial charge in [0.25, 0.3) is 11.6 Å². The number of piperazine rings is 1. The zero-order valence-electron chi connectivity index (χ0n) is 13.0. The number of hydrogen-bond donors (Lipinski definition) is 3. The van der Waals surface area contributed by atoms with Crippen molar-refractivity contribution < 1.29 is 28.7 Å². The number of aromatic hydroxyl groups is 1. The van der Waals surface area contributed by atoms with Gasteiger partial charge in [-0.2, -0.15) is 0 Å². The first kappa shape index (κ1) is 18.3. The van der Waals surface area contributed by atoms with E-state index in [4.69, 9.17) is 9.84 Å². The van der Waals surface area contributed by atoms with E-state index in [1.165, 1.54) is 12.0 Å². The van der Waals surface area contributed by atoms with Crippen molar-refractivity contribution in [3.8, 4) is 11.5 Å². The number of nitro benzene ring substituents is 1. The molecule has 24 heavy (non-hydrogen) atoms. The van der Waals surface area contributed by atoms with Crippen LogP contribution < -0.4 is 10.1 Å². The van der Waals surface area contributed by atoms with Crippen molar-refractivity contribution in [2.75, 3.05) is 39.9 Å². The Balaban J connectivity index is 2.60. The highest BCUT2D eigenvalue weighted by molar-refractivity contribution is 5.55. The van der Waals surface area contributed by atoms with Crippen molar-refractivity contribution >= 4 is 5.69 Å². The molecule has 1 aromatic carbocycles. The van der Waals surface area contributed by atoms with Gasteiger partial charge < -0.3 is 20.3 Å². The Morgan fingerprint density at radius 1 is 1.46 bits per heavy atom. The third-order valence-corrected chi connectivity index (χ3v) is 3.94. The molecule has 0 radical (unpaired) electrons. The van der Waals surface area contributed by atoms with E-state index in [0.717, 1.165) is 12.1 Å². The van der Waals surface area contributed by atoms with Crippen molar-refractivity contribution in [3.63, 3.8) is 0 Å². The molecule has 0 aromatic heterocycles. The second-order valence-corrected chi connectivity index (χ2v) is 5.45. The fraction of sp³-hybridized carbons (Fsp3) is 0.571. The first-order valence-corrected chi connectivity index (χ1v) is 7.30. The maximum absolute atomic E-state index is 14.4. The minimum absolute atomic E-state index is 0.241. The van der Waals surface area contributed by atoms with Crippen LogP contribution in [0.2, 0.25) is 0 Å². The zero-order chi connectivity index (χ0) is 17.9. The SMILES string of the molecule is COc1cc([N+](=O)[O-])cc([C@H](N2CCNCC2)C(F)(F)CO)c1O. The fourth-order valence-corrected chi connectivity index (χ4v) is 2.80. The van der Waals surface area contributed by atoms with Gasteiger partial charge in [-0.15, -0.1) is 0 Å². The number of rotatable bonds is 6. The van der Waals surface area contributed by atoms with Crippen molar-refractivity contribution in [2.24, 2.45) is 0 Å². The van der Waals surface area contributed by atoms with Crippen molar-refractivity contribution in [1.82, 2.24) is 10.2 Å². The molecule has 0 amide bonds. The second kappa shape index (κ2) is 7.24. The Morgan fingerprint density at radius 2 is 2.08 bits per heavy atom. The van der Waals surface area contributed by atoms with Gasteiger partial charge in [0.2, 0.25) is 0 Å². The van der Waals surface area contributed by atoms with Crippen molar-refractivity contribution in [3.05, 3.63) is 27.8 Å². The Bertz CT molecular complexity index is 608. The van der Waals surface area contributed by atoms with Crippen LogP contribution in [0.15, 0.2) is 12.1 Å². The zero-order valence-corrected chi connectivity index (χ0v) is 13.0. The number of methoxy groups -OCH3 is 1. The van der Waals surface area contributed by atoms with Gasteiger partial charge in [0.05, 0.1) is 18.1 Å². The Kier molecular flexibility index (Phi) is 5.52. The molecule has 0 saturated carbocycles. The average molecular weight is 347 g/mol. The molecule has 3 N–H and O–H groups in total. The summed E-state index contributed by atoms with van der Waals surface area (Å²) < 4.78 is 33.7. The molecule has 8 nitrogen and oxygen atoms in total. The third-order valence-electron chi connectivity index (χ3n) is 3.94. The molecule has 0 unspecified atom stereocenters. The average Bonchev–Trinajstić information content (AvgIpc) is 2.57. The van der Waals surface area contributed by atoms with Gasteiger partial charge in [0.15, 0.2) is 11.5 Å². The van der Waals surface area contributed by atoms with Crippen LogP contribution in [0.5, 0.6) is 11.5 Å². The molecule has 1 atom stereocenters. The standard InChI is InChI=1S/C14H19F2N3O5/c1-24-11-7-9(19(22)23)6-10(12(11)21)13(14(15,16)8-20)18-4-2-17-3-5-18/h6-7,13,17,20-21H,2-5,8H2,1H3/t13-/m0/s1. The van der Waals surface area contributed by atoms with Gasteiger partial charge in [-0.05, 0) is 0 Å². The number of nitrogens with zero attached hydrogens (tertiary/aromatic N) is 2. The summed E-state index contributed by atoms with van der Waals surface area (Å²) in [5, 5.41) is 33.4. The summed E-state index contributed by atoms with van der Waals surface area (Å²) in [4.78, 5) is 11.7. The van der Waals surface area contributed by atoms with E-state index in [1.807, 2.05) is 0 Å². The molecule has 0 bridgehead atoms. The molecule has 134 valence electrons. The summed E-state index contributed by atoms with van der Waals surface area (Å²) in [6.45, 7) is -0.0723. The second-order valence-electron chi connectivity index (χ2n) is 5.45. The van der Waals surface area contributed by atoms with Gasteiger partial charge in [-0.1, -0.05) is 0 Å². The molecular formula is C14H19F2N3O5. The van der Waals surface area contributed by atoms with Crippen LogP contribution in [-0.2, 0) is 0 Å². The summed E-state index contributed by atoms with van der Waals surface area (Å²) in [5.74, 6) is -4.47. The van der Waals surface area contributed by atoms with E-state index in [9.17, 15) is 24.0 Å². The molecular weight excluding hydrogens is 328 g/mol. The first-order chi connectivity index (χ1) is 11.3. The van der Waals surface area contributed by atoms with E-state index in [2.05, 4.69) is 5.32 Å². The number of alkyl halides is 2. The number of aliphatic hydroxyl groups is 1. The molecule has 1 aliphatic rings. The Labute approximate surface area is 136 Å². The monoisotopic (exact) mass is 347 g/mol. The predicted molar refractivity (Wildman–Crippen MR) is 80.5 cm³/mol. The number of phenolic OH excluding ortho intramolecular Hbond substituents is 1. The van der Waals surface area contributed by atoms with E-state index in [0.29, 0.717) is 13.1 Å². The number of nitrogens with one attached hydrogen (secondary N) is 1. The largest absolute Gasteiger partial charge is 0.504 e. The summed E-state index contributed by atoms with van der Waals surface area (Å²) >= 11 is 0. The molecule has 1 aromatic rings. The molecule has 2 rings (SSSR count). The van der Waals surface area contributed by atoms with Crippen LogP contribution in [0, 0.1) is 10.1 Å². The van der Waals surface area contributed by atoms with Gasteiger partial charge in [0, 0.05) is 37.8 Å². The highest BCUT2D eigenvalue weighted by atomic mass is 19.3. The number of ether oxygens (including phenoxy) is 1. The molecule has 1 saturated heterocycles. The van der Waals surface area contributed by atoms with Crippen LogP contribution in [0.4, 0.5) is 14.5 Å². The molecule has 1 fully saturated rings. The minimum Gasteiger partial charge on any atom is -0.504 e. The first-order valence-electron chi connectivity index (χ1n) is 7.30. The molecule has 0 spiro atoms. The lowest BCUT2D eigenvalue weighted by molar-refractivity contribution is -0.385. The summed E-state index contributed by atoms with van der Waals surface area (Å²) in [7, 11) is 1.17. The Hall–Kier alpha value is -2.04. The van der Waals surface area contributed by atoms with Crippen LogP contribution in [-0.4, -0.2) is 65.9 Å². The van der Waals surface area contributed by atoms with Gasteiger partial charge in [0.1, 0.15) is 12.6 Å². The van der Waals surface area contributed by atoms with Crippen LogP contribution in [0.25, 0.3) is 0 Å². The van der Waals surface area contributed by atoms with Crippen molar-refractivity contribution in [1.29, 1.82) is 0 Å². The molecule has 1 heterocycles. The quantitative estimate of drug-likeness (QED) is 0.518. The highest BCUT2D eigenvalue weighted by Gasteiger charge is 2.46. The predicted octanol–water partition coefficient (Wildman–Crippen LogP) is 0.883. The number of hydrogen-bond acceptors (Lipinski definition) is 7. The van der Waals surface area contributed by atoms with Crippen LogP contribution in [0.1, 0.15) is 11.6 Å². The molecule has 10 heteroatoms. The number of halogens is 2. The van der Waals surface area contributed by atoms with E-state index < -0.39 is 34.9 Å². The number of phenols is 1.